The number of aryl methyl sites for hydroxylation is 1. The molecule has 0 spiro atoms. The van der Waals surface area contributed by atoms with Gasteiger partial charge >= 0.3 is 5.97 Å². The van der Waals surface area contributed by atoms with E-state index in [0.717, 1.165) is 29.8 Å². The molecule has 0 aliphatic heterocycles. The predicted molar refractivity (Wildman–Crippen MR) is 69.8 cm³/mol. The maximum absolute atomic E-state index is 11.0. The summed E-state index contributed by atoms with van der Waals surface area (Å²) in [6, 6.07) is 0.493. The molecule has 1 aromatic heterocycles. The molecule has 0 saturated heterocycles. The smallest absolute Gasteiger partial charge is 0.307 e. The van der Waals surface area contributed by atoms with Crippen LogP contribution in [0.3, 0.4) is 0 Å². The van der Waals surface area contributed by atoms with Gasteiger partial charge in [-0.1, -0.05) is 26.7 Å². The number of aromatic nitrogens is 2. The first kappa shape index (κ1) is 13.1. The van der Waals surface area contributed by atoms with E-state index < -0.39 is 5.97 Å². The molecule has 2 rings (SSSR count). The second-order valence-corrected chi connectivity index (χ2v) is 5.03. The Morgan fingerprint density at radius 1 is 1.33 bits per heavy atom. The van der Waals surface area contributed by atoms with Gasteiger partial charge in [0.05, 0.1) is 18.2 Å². The van der Waals surface area contributed by atoms with Crippen LogP contribution in [0.1, 0.15) is 62.5 Å². The third kappa shape index (κ3) is 2.42. The molecule has 1 aromatic rings. The van der Waals surface area contributed by atoms with E-state index in [-0.39, 0.29) is 6.42 Å². The van der Waals surface area contributed by atoms with Crippen molar-refractivity contribution in [3.63, 3.8) is 0 Å². The van der Waals surface area contributed by atoms with Crippen molar-refractivity contribution in [2.75, 3.05) is 0 Å². The van der Waals surface area contributed by atoms with Crippen LogP contribution in [-0.2, 0) is 24.1 Å². The Balaban J connectivity index is 2.39. The van der Waals surface area contributed by atoms with Crippen LogP contribution in [-0.4, -0.2) is 20.9 Å². The van der Waals surface area contributed by atoms with Gasteiger partial charge in [-0.2, -0.15) is 5.10 Å². The third-order valence-corrected chi connectivity index (χ3v) is 3.87. The number of carbonyl (C=O) groups is 1. The fourth-order valence-electron chi connectivity index (χ4n) is 3.02. The van der Waals surface area contributed by atoms with Crippen molar-refractivity contribution in [3.05, 3.63) is 17.0 Å². The van der Waals surface area contributed by atoms with Gasteiger partial charge in [0.2, 0.25) is 0 Å². The molecule has 100 valence electrons. The SMILES string of the molecule is CCc1nn(C2CCCC2)c(CC)c1CC(=O)O. The van der Waals surface area contributed by atoms with Crippen LogP contribution in [0, 0.1) is 0 Å². The highest BCUT2D eigenvalue weighted by molar-refractivity contribution is 5.71. The molecule has 0 unspecified atom stereocenters. The Morgan fingerprint density at radius 2 is 2.00 bits per heavy atom. The highest BCUT2D eigenvalue weighted by Crippen LogP contribution is 2.32. The highest BCUT2D eigenvalue weighted by atomic mass is 16.4. The first-order valence-electron chi connectivity index (χ1n) is 6.98. The fourth-order valence-corrected chi connectivity index (χ4v) is 3.02. The molecule has 0 amide bonds. The molecule has 1 saturated carbocycles. The van der Waals surface area contributed by atoms with Gasteiger partial charge in [0.25, 0.3) is 0 Å². The normalized spacial score (nSPS) is 16.3. The van der Waals surface area contributed by atoms with Crippen molar-refractivity contribution in [1.29, 1.82) is 0 Å². The van der Waals surface area contributed by atoms with Crippen LogP contribution >= 0.6 is 0 Å². The van der Waals surface area contributed by atoms with Gasteiger partial charge in [0, 0.05) is 11.3 Å². The maximum Gasteiger partial charge on any atom is 0.307 e. The second-order valence-electron chi connectivity index (χ2n) is 5.03. The topological polar surface area (TPSA) is 55.1 Å². The van der Waals surface area contributed by atoms with Gasteiger partial charge in [0.15, 0.2) is 0 Å². The zero-order valence-electron chi connectivity index (χ0n) is 11.3. The summed E-state index contributed by atoms with van der Waals surface area (Å²) in [6.45, 7) is 4.14. The van der Waals surface area contributed by atoms with Crippen LogP contribution in [0.25, 0.3) is 0 Å². The predicted octanol–water partition coefficient (Wildman–Crippen LogP) is 2.75. The average Bonchev–Trinajstić information content (AvgIpc) is 2.94. The summed E-state index contributed by atoms with van der Waals surface area (Å²) < 4.78 is 2.13. The summed E-state index contributed by atoms with van der Waals surface area (Å²) in [6.07, 6.45) is 6.70. The van der Waals surface area contributed by atoms with Gasteiger partial charge in [-0.05, 0) is 25.7 Å². The number of nitrogens with zero attached hydrogens (tertiary/aromatic N) is 2. The van der Waals surface area contributed by atoms with E-state index in [4.69, 9.17) is 5.11 Å². The Morgan fingerprint density at radius 3 is 2.50 bits per heavy atom. The molecule has 4 nitrogen and oxygen atoms in total. The summed E-state index contributed by atoms with van der Waals surface area (Å²) in [5.74, 6) is -0.759. The molecule has 0 aromatic carbocycles. The molecule has 0 bridgehead atoms. The van der Waals surface area contributed by atoms with Crippen LogP contribution in [0.15, 0.2) is 0 Å². The molecular formula is C14H22N2O2. The summed E-state index contributed by atoms with van der Waals surface area (Å²) in [4.78, 5) is 11.0. The number of hydrogen-bond donors (Lipinski definition) is 1. The van der Waals surface area contributed by atoms with E-state index in [1.165, 1.54) is 25.7 Å². The number of carboxylic acids is 1. The molecule has 1 aliphatic rings. The lowest BCUT2D eigenvalue weighted by Crippen LogP contribution is -2.11. The Hall–Kier alpha value is -1.32. The largest absolute Gasteiger partial charge is 0.481 e. The summed E-state index contributed by atoms with van der Waals surface area (Å²) >= 11 is 0. The van der Waals surface area contributed by atoms with Crippen LogP contribution in [0.2, 0.25) is 0 Å². The zero-order chi connectivity index (χ0) is 13.1. The van der Waals surface area contributed by atoms with Crippen LogP contribution in [0.4, 0.5) is 0 Å². The van der Waals surface area contributed by atoms with Crippen molar-refractivity contribution in [1.82, 2.24) is 9.78 Å². The van der Waals surface area contributed by atoms with Gasteiger partial charge in [0.1, 0.15) is 0 Å². The Kier molecular flexibility index (Phi) is 4.04. The monoisotopic (exact) mass is 250 g/mol. The summed E-state index contributed by atoms with van der Waals surface area (Å²) in [7, 11) is 0. The summed E-state index contributed by atoms with van der Waals surface area (Å²) in [5.41, 5.74) is 3.07. The minimum absolute atomic E-state index is 0.110. The maximum atomic E-state index is 11.0. The number of hydrogen-bond acceptors (Lipinski definition) is 2. The molecule has 0 radical (unpaired) electrons. The minimum atomic E-state index is -0.759. The van der Waals surface area contributed by atoms with Gasteiger partial charge in [-0.15, -0.1) is 0 Å². The second kappa shape index (κ2) is 5.55. The summed E-state index contributed by atoms with van der Waals surface area (Å²) in [5, 5.41) is 13.7. The lowest BCUT2D eigenvalue weighted by Gasteiger charge is -2.14. The molecule has 1 fully saturated rings. The van der Waals surface area contributed by atoms with E-state index in [9.17, 15) is 4.79 Å². The number of aliphatic carboxylic acids is 1. The zero-order valence-corrected chi connectivity index (χ0v) is 11.3. The molecule has 4 heteroatoms. The lowest BCUT2D eigenvalue weighted by molar-refractivity contribution is -0.136. The molecular weight excluding hydrogens is 228 g/mol. The number of rotatable bonds is 5. The Labute approximate surface area is 108 Å². The van der Waals surface area contributed by atoms with Crippen molar-refractivity contribution < 1.29 is 9.90 Å². The van der Waals surface area contributed by atoms with Gasteiger partial charge in [-0.3, -0.25) is 9.48 Å². The third-order valence-electron chi connectivity index (χ3n) is 3.87. The fraction of sp³-hybridized carbons (Fsp3) is 0.714. The molecule has 0 atom stereocenters. The van der Waals surface area contributed by atoms with E-state index >= 15 is 0 Å². The van der Waals surface area contributed by atoms with Crippen LogP contribution < -0.4 is 0 Å². The highest BCUT2D eigenvalue weighted by Gasteiger charge is 2.24. The first-order chi connectivity index (χ1) is 8.67. The standard InChI is InChI=1S/C14H22N2O2/c1-3-12-11(9-14(17)18)13(4-2)16(15-12)10-7-5-6-8-10/h10H,3-9H2,1-2H3,(H,17,18). The van der Waals surface area contributed by atoms with Crippen molar-refractivity contribution in [3.8, 4) is 0 Å². The van der Waals surface area contributed by atoms with E-state index in [1.807, 2.05) is 6.92 Å². The van der Waals surface area contributed by atoms with E-state index in [0.29, 0.717) is 6.04 Å². The minimum Gasteiger partial charge on any atom is -0.481 e. The van der Waals surface area contributed by atoms with Gasteiger partial charge in [-0.25, -0.2) is 0 Å². The number of carboxylic acid groups (broad SMARTS) is 1. The molecule has 1 heterocycles. The van der Waals surface area contributed by atoms with E-state index in [2.05, 4.69) is 16.7 Å². The van der Waals surface area contributed by atoms with Crippen molar-refractivity contribution >= 4 is 5.97 Å². The van der Waals surface area contributed by atoms with Crippen molar-refractivity contribution in [2.24, 2.45) is 0 Å². The molecule has 1 aliphatic carbocycles. The Bertz CT molecular complexity index is 431. The first-order valence-corrected chi connectivity index (χ1v) is 6.98. The van der Waals surface area contributed by atoms with Gasteiger partial charge < -0.3 is 5.11 Å². The van der Waals surface area contributed by atoms with E-state index in [1.54, 1.807) is 0 Å². The molecule has 18 heavy (non-hydrogen) atoms. The lowest BCUT2D eigenvalue weighted by atomic mass is 10.1. The average molecular weight is 250 g/mol. The molecule has 1 N–H and O–H groups in total. The quantitative estimate of drug-likeness (QED) is 0.874. The van der Waals surface area contributed by atoms with Crippen molar-refractivity contribution in [2.45, 2.75) is 64.8 Å². The van der Waals surface area contributed by atoms with Crippen LogP contribution in [0.5, 0.6) is 0 Å².